The molecule has 0 aliphatic carbocycles. The first-order valence-electron chi connectivity index (χ1n) is 13.3. The summed E-state index contributed by atoms with van der Waals surface area (Å²) < 4.78 is 15.7. The molecule has 0 atom stereocenters. The molecule has 0 bridgehead atoms. The summed E-state index contributed by atoms with van der Waals surface area (Å²) in [5.74, 6) is 0.201. The standard InChI is InChI=1S/C29H37ClFN5O/c1-29(2,3)32-20-35-17-16-34(28(35)37)15-14-33-12-10-21(11-13-33)26-19-36(24-7-5-23(31)6-8-24)27-9-4-22(30)18-25(26)27/h4-9,18-19,21,32H,10-17,20H2,1-3H3. The van der Waals surface area contributed by atoms with E-state index in [1.807, 2.05) is 34.1 Å². The summed E-state index contributed by atoms with van der Waals surface area (Å²) in [5.41, 5.74) is 3.33. The van der Waals surface area contributed by atoms with Gasteiger partial charge in [0.05, 0.1) is 12.2 Å². The number of fused-ring (bicyclic) bond motifs is 1. The van der Waals surface area contributed by atoms with Crippen LogP contribution >= 0.6 is 11.6 Å². The first kappa shape index (κ1) is 26.0. The third kappa shape index (κ3) is 5.95. The van der Waals surface area contributed by atoms with Crippen LogP contribution in [-0.2, 0) is 0 Å². The van der Waals surface area contributed by atoms with E-state index in [1.54, 1.807) is 0 Å². The van der Waals surface area contributed by atoms with Crippen LogP contribution in [0.5, 0.6) is 0 Å². The largest absolute Gasteiger partial charge is 0.322 e. The van der Waals surface area contributed by atoms with Crippen molar-refractivity contribution < 1.29 is 9.18 Å². The molecule has 37 heavy (non-hydrogen) atoms. The maximum absolute atomic E-state index is 13.5. The Balaban J connectivity index is 1.20. The van der Waals surface area contributed by atoms with Crippen LogP contribution in [0.25, 0.3) is 16.6 Å². The van der Waals surface area contributed by atoms with Crippen LogP contribution in [0.2, 0.25) is 5.02 Å². The molecule has 1 aromatic heterocycles. The van der Waals surface area contributed by atoms with Crippen molar-refractivity contribution in [2.45, 2.75) is 45.1 Å². The highest BCUT2D eigenvalue weighted by atomic mass is 35.5. The Labute approximate surface area is 224 Å². The fourth-order valence-electron chi connectivity index (χ4n) is 5.42. The predicted molar refractivity (Wildman–Crippen MR) is 148 cm³/mol. The quantitative estimate of drug-likeness (QED) is 0.431. The van der Waals surface area contributed by atoms with Gasteiger partial charge in [0.15, 0.2) is 0 Å². The molecule has 0 spiro atoms. The zero-order valence-corrected chi connectivity index (χ0v) is 22.8. The lowest BCUT2D eigenvalue weighted by atomic mass is 9.89. The number of halogens is 2. The molecule has 5 rings (SSSR count). The van der Waals surface area contributed by atoms with Crippen LogP contribution in [0.4, 0.5) is 9.18 Å². The predicted octanol–water partition coefficient (Wildman–Crippen LogP) is 5.69. The van der Waals surface area contributed by atoms with Crippen LogP contribution in [0, 0.1) is 5.82 Å². The van der Waals surface area contributed by atoms with Gasteiger partial charge in [-0.15, -0.1) is 0 Å². The minimum absolute atomic E-state index is 0.00526. The van der Waals surface area contributed by atoms with Crippen molar-refractivity contribution in [3.05, 3.63) is 65.1 Å². The summed E-state index contributed by atoms with van der Waals surface area (Å²) in [4.78, 5) is 19.1. The molecule has 1 N–H and O–H groups in total. The molecule has 2 aliphatic heterocycles. The highest BCUT2D eigenvalue weighted by molar-refractivity contribution is 6.31. The minimum atomic E-state index is -0.235. The van der Waals surface area contributed by atoms with Crippen molar-refractivity contribution in [3.8, 4) is 5.69 Å². The van der Waals surface area contributed by atoms with Gasteiger partial charge in [0, 0.05) is 54.0 Å². The Morgan fingerprint density at radius 1 is 0.973 bits per heavy atom. The number of amides is 2. The average molecular weight is 526 g/mol. The van der Waals surface area contributed by atoms with E-state index in [-0.39, 0.29) is 17.4 Å². The molecule has 2 aromatic carbocycles. The molecule has 3 heterocycles. The van der Waals surface area contributed by atoms with E-state index >= 15 is 0 Å². The lowest BCUT2D eigenvalue weighted by Gasteiger charge is -2.33. The molecule has 3 aromatic rings. The van der Waals surface area contributed by atoms with E-state index in [2.05, 4.69) is 47.8 Å². The SMILES string of the molecule is CC(C)(C)NCN1CCN(CCN2CCC(c3cn(-c4ccc(F)cc4)c4ccc(Cl)cc34)CC2)C1=O. The van der Waals surface area contributed by atoms with E-state index in [1.165, 1.54) is 23.1 Å². The summed E-state index contributed by atoms with van der Waals surface area (Å²) in [6.45, 7) is 12.2. The van der Waals surface area contributed by atoms with Crippen molar-refractivity contribution >= 4 is 28.5 Å². The number of carbonyl (C=O) groups excluding carboxylic acids is 1. The van der Waals surface area contributed by atoms with Crippen molar-refractivity contribution in [2.24, 2.45) is 0 Å². The molecule has 2 aliphatic rings. The van der Waals surface area contributed by atoms with Crippen molar-refractivity contribution in [3.63, 3.8) is 0 Å². The van der Waals surface area contributed by atoms with Crippen molar-refractivity contribution in [1.82, 2.24) is 24.6 Å². The average Bonchev–Trinajstić information content (AvgIpc) is 3.41. The monoisotopic (exact) mass is 525 g/mol. The van der Waals surface area contributed by atoms with Gasteiger partial charge in [0.2, 0.25) is 0 Å². The van der Waals surface area contributed by atoms with E-state index in [0.29, 0.717) is 12.6 Å². The van der Waals surface area contributed by atoms with E-state index in [9.17, 15) is 9.18 Å². The number of aromatic nitrogens is 1. The topological polar surface area (TPSA) is 43.8 Å². The Hall–Kier alpha value is -2.61. The van der Waals surface area contributed by atoms with Gasteiger partial charge in [0.25, 0.3) is 0 Å². The van der Waals surface area contributed by atoms with Gasteiger partial charge in [-0.05, 0) is 101 Å². The number of piperidine rings is 1. The third-order valence-electron chi connectivity index (χ3n) is 7.60. The maximum atomic E-state index is 13.5. The molecule has 2 amide bonds. The Kier molecular flexibility index (Phi) is 7.48. The third-order valence-corrected chi connectivity index (χ3v) is 7.83. The molecule has 2 saturated heterocycles. The van der Waals surface area contributed by atoms with Gasteiger partial charge < -0.3 is 19.3 Å². The summed E-state index contributed by atoms with van der Waals surface area (Å²) >= 11 is 6.39. The smallest absolute Gasteiger partial charge is 0.321 e. The highest BCUT2D eigenvalue weighted by Crippen LogP contribution is 2.37. The molecule has 2 fully saturated rings. The molecule has 0 radical (unpaired) electrons. The van der Waals surface area contributed by atoms with E-state index in [4.69, 9.17) is 11.6 Å². The van der Waals surface area contributed by atoms with Crippen molar-refractivity contribution in [1.29, 1.82) is 0 Å². The second-order valence-corrected chi connectivity index (χ2v) is 11.8. The Morgan fingerprint density at radius 2 is 1.68 bits per heavy atom. The van der Waals surface area contributed by atoms with E-state index < -0.39 is 0 Å². The molecular formula is C29H37ClFN5O. The van der Waals surface area contributed by atoms with E-state index in [0.717, 1.165) is 68.3 Å². The molecule has 8 heteroatoms. The lowest BCUT2D eigenvalue weighted by molar-refractivity contribution is 0.167. The summed E-state index contributed by atoms with van der Waals surface area (Å²) in [6, 6.07) is 12.8. The number of carbonyl (C=O) groups is 1. The normalized spacial score (nSPS) is 17.9. The zero-order valence-electron chi connectivity index (χ0n) is 22.0. The summed E-state index contributed by atoms with van der Waals surface area (Å²) in [6.07, 6.45) is 4.33. The fourth-order valence-corrected chi connectivity index (χ4v) is 5.59. The number of likely N-dealkylation sites (tertiary alicyclic amines) is 1. The Bertz CT molecular complexity index is 1240. The first-order valence-corrected chi connectivity index (χ1v) is 13.6. The highest BCUT2D eigenvalue weighted by Gasteiger charge is 2.30. The van der Waals surface area contributed by atoms with Crippen LogP contribution in [-0.4, -0.2) is 76.8 Å². The second kappa shape index (κ2) is 10.6. The first-order chi connectivity index (χ1) is 17.7. The zero-order chi connectivity index (χ0) is 26.2. The lowest BCUT2D eigenvalue weighted by Crippen LogP contribution is -2.46. The van der Waals surface area contributed by atoms with Gasteiger partial charge >= 0.3 is 6.03 Å². The minimum Gasteiger partial charge on any atom is -0.322 e. The van der Waals surface area contributed by atoms with Crippen molar-refractivity contribution in [2.75, 3.05) is 45.9 Å². The number of nitrogens with zero attached hydrogens (tertiary/aromatic N) is 4. The number of rotatable bonds is 7. The van der Waals surface area contributed by atoms with Crippen LogP contribution in [0.15, 0.2) is 48.7 Å². The van der Waals surface area contributed by atoms with Gasteiger partial charge in [-0.1, -0.05) is 11.6 Å². The van der Waals surface area contributed by atoms with Gasteiger partial charge in [-0.2, -0.15) is 0 Å². The van der Waals surface area contributed by atoms with Gasteiger partial charge in [0.1, 0.15) is 5.82 Å². The molecule has 0 unspecified atom stereocenters. The number of nitrogens with one attached hydrogen (secondary N) is 1. The molecule has 198 valence electrons. The molecular weight excluding hydrogens is 489 g/mol. The number of hydrogen-bond acceptors (Lipinski definition) is 3. The Morgan fingerprint density at radius 3 is 2.38 bits per heavy atom. The van der Waals surface area contributed by atoms with Crippen LogP contribution in [0.3, 0.4) is 0 Å². The van der Waals surface area contributed by atoms with Crippen LogP contribution < -0.4 is 5.32 Å². The number of hydrogen-bond donors (Lipinski definition) is 1. The molecule has 0 saturated carbocycles. The fraction of sp³-hybridized carbons (Fsp3) is 0.483. The summed E-state index contributed by atoms with van der Waals surface area (Å²) in [5, 5.41) is 5.31. The second-order valence-electron chi connectivity index (χ2n) is 11.3. The number of urea groups is 1. The van der Waals surface area contributed by atoms with Gasteiger partial charge in [-0.25, -0.2) is 9.18 Å². The van der Waals surface area contributed by atoms with Gasteiger partial charge in [-0.3, -0.25) is 5.32 Å². The number of benzene rings is 2. The maximum Gasteiger partial charge on any atom is 0.321 e. The molecule has 6 nitrogen and oxygen atoms in total. The van der Waals surface area contributed by atoms with Crippen LogP contribution in [0.1, 0.15) is 45.1 Å². The summed E-state index contributed by atoms with van der Waals surface area (Å²) in [7, 11) is 0.